The van der Waals surface area contributed by atoms with Crippen molar-refractivity contribution in [3.8, 4) is 5.75 Å². The van der Waals surface area contributed by atoms with Crippen molar-refractivity contribution in [1.82, 2.24) is 5.32 Å². The van der Waals surface area contributed by atoms with Gasteiger partial charge in [0.25, 0.3) is 0 Å². The normalized spacial score (nSPS) is 9.85. The molecule has 2 rings (SSSR count). The van der Waals surface area contributed by atoms with Crippen LogP contribution in [0.15, 0.2) is 42.5 Å². The Morgan fingerprint density at radius 1 is 1.12 bits per heavy atom. The summed E-state index contributed by atoms with van der Waals surface area (Å²) in [6.45, 7) is 8.20. The topological polar surface area (TPSA) is 53.6 Å². The summed E-state index contributed by atoms with van der Waals surface area (Å²) in [6.07, 6.45) is 0. The summed E-state index contributed by atoms with van der Waals surface area (Å²) in [4.78, 5) is 14.3. The zero-order chi connectivity index (χ0) is 18.2. The van der Waals surface area contributed by atoms with Gasteiger partial charge in [0.1, 0.15) is 5.75 Å². The van der Waals surface area contributed by atoms with Crippen molar-refractivity contribution < 1.29 is 21.9 Å². The van der Waals surface area contributed by atoms with Crippen molar-refractivity contribution in [1.29, 1.82) is 0 Å². The van der Waals surface area contributed by atoms with Crippen LogP contribution in [0.25, 0.3) is 0 Å². The van der Waals surface area contributed by atoms with Gasteiger partial charge in [-0.05, 0) is 68.8 Å². The second-order valence-electron chi connectivity index (χ2n) is 5.55. The number of hydrogen-bond acceptors (Lipinski definition) is 3. The number of anilines is 2. The summed E-state index contributed by atoms with van der Waals surface area (Å²) >= 11 is 5.81. The van der Waals surface area contributed by atoms with E-state index >= 15 is 0 Å². The van der Waals surface area contributed by atoms with Crippen LogP contribution in [-0.2, 0) is 0 Å². The van der Waals surface area contributed by atoms with E-state index in [9.17, 15) is 4.79 Å². The van der Waals surface area contributed by atoms with Crippen molar-refractivity contribution in [3.05, 3.63) is 53.1 Å². The Balaban J connectivity index is 0.00000338. The number of halogens is 2. The van der Waals surface area contributed by atoms with Crippen molar-refractivity contribution in [2.24, 2.45) is 0 Å². The number of urea groups is 1. The number of carbonyl (C=O) groups is 1. The third-order valence-corrected chi connectivity index (χ3v) is 4.12. The fourth-order valence-corrected chi connectivity index (χ4v) is 2.58. The minimum Gasteiger partial charge on any atom is -1.00 e. The summed E-state index contributed by atoms with van der Waals surface area (Å²) in [5.74, 6) is 0.643. The first-order chi connectivity index (χ1) is 12.0. The summed E-state index contributed by atoms with van der Waals surface area (Å²) < 4.78 is 5.44. The lowest BCUT2D eigenvalue weighted by Crippen LogP contribution is -3.00. The van der Waals surface area contributed by atoms with E-state index in [1.54, 1.807) is 24.3 Å². The van der Waals surface area contributed by atoms with Crippen LogP contribution in [0.3, 0.4) is 0 Å². The highest BCUT2D eigenvalue weighted by atomic mass is 35.5. The highest BCUT2D eigenvalue weighted by molar-refractivity contribution is 6.30. The van der Waals surface area contributed by atoms with Gasteiger partial charge in [0.15, 0.2) is 6.73 Å². The first kappa shape index (κ1) is 21.9. The second kappa shape index (κ2) is 10.8. The number of amides is 2. The minimum absolute atomic E-state index is 0. The number of aryl methyl sites for hydroxylation is 1. The fraction of sp³-hybridized carbons (Fsp3) is 0.316. The van der Waals surface area contributed by atoms with Crippen molar-refractivity contribution in [2.75, 3.05) is 30.0 Å². The number of rotatable bonds is 7. The first-order valence-corrected chi connectivity index (χ1v) is 8.70. The average Bonchev–Trinajstić information content (AvgIpc) is 2.60. The lowest BCUT2D eigenvalue weighted by atomic mass is 10.1. The lowest BCUT2D eigenvalue weighted by molar-refractivity contribution is -0.00000912. The molecule has 142 valence electrons. The van der Waals surface area contributed by atoms with Gasteiger partial charge in [-0.1, -0.05) is 11.6 Å². The monoisotopic (exact) mass is 396 g/mol. The smallest absolute Gasteiger partial charge is 0.321 e. The van der Waals surface area contributed by atoms with Crippen LogP contribution >= 0.6 is 11.6 Å². The maximum absolute atomic E-state index is 12.0. The molecule has 0 aliphatic carbocycles. The minimum atomic E-state index is -0.312. The van der Waals surface area contributed by atoms with Gasteiger partial charge >= 0.3 is 6.03 Å². The Morgan fingerprint density at radius 3 is 2.35 bits per heavy atom. The molecule has 0 spiro atoms. The molecule has 0 aliphatic rings. The molecule has 2 aromatic carbocycles. The van der Waals surface area contributed by atoms with Gasteiger partial charge in [0, 0.05) is 29.5 Å². The summed E-state index contributed by atoms with van der Waals surface area (Å²) in [5, 5.41) is 6.14. The quantitative estimate of drug-likeness (QED) is 0.699. The van der Waals surface area contributed by atoms with Crippen LogP contribution in [0, 0.1) is 6.92 Å². The lowest BCUT2D eigenvalue weighted by Gasteiger charge is -2.22. The number of nitrogens with one attached hydrogen (secondary N) is 2. The van der Waals surface area contributed by atoms with Crippen molar-refractivity contribution in [2.45, 2.75) is 20.8 Å². The number of hydrogen-bond donors (Lipinski definition) is 2. The van der Waals surface area contributed by atoms with E-state index in [-0.39, 0.29) is 25.2 Å². The van der Waals surface area contributed by atoms with Gasteiger partial charge in [-0.15, -0.1) is 0 Å². The van der Waals surface area contributed by atoms with Gasteiger partial charge in [-0.3, -0.25) is 0 Å². The molecule has 0 fully saturated rings. The molecule has 0 saturated heterocycles. The third-order valence-electron chi connectivity index (χ3n) is 3.87. The Labute approximate surface area is 166 Å². The third kappa shape index (κ3) is 6.32. The largest absolute Gasteiger partial charge is 1.00 e. The fourth-order valence-electron chi connectivity index (χ4n) is 2.46. The van der Waals surface area contributed by atoms with Gasteiger partial charge in [-0.2, -0.15) is 0 Å². The van der Waals surface area contributed by atoms with Crippen LogP contribution < -0.4 is 32.7 Å². The van der Waals surface area contributed by atoms with E-state index in [4.69, 9.17) is 16.3 Å². The maximum Gasteiger partial charge on any atom is 0.321 e. The summed E-state index contributed by atoms with van der Waals surface area (Å²) in [7, 11) is 0. The highest BCUT2D eigenvalue weighted by Crippen LogP contribution is 2.22. The van der Waals surface area contributed by atoms with E-state index < -0.39 is 0 Å². The summed E-state index contributed by atoms with van der Waals surface area (Å²) in [6, 6.07) is 12.7. The Bertz CT molecular complexity index is 704. The molecule has 0 aliphatic heterocycles. The predicted molar refractivity (Wildman–Crippen MR) is 104 cm³/mol. The number of benzene rings is 2. The maximum atomic E-state index is 12.0. The van der Waals surface area contributed by atoms with Gasteiger partial charge in [0.05, 0.1) is 0 Å². The van der Waals surface area contributed by atoms with Crippen LogP contribution in [0.1, 0.15) is 19.4 Å². The number of nitrogens with zero attached hydrogens (tertiary/aromatic N) is 1. The average molecular weight is 397 g/mol. The standard InChI is InChI=1S/C19H24ClN3O2.ClH/c1-4-23(5-2)16-8-11-18(14(3)12-16)22-19(24)21-13-25-17-9-6-15(20)7-10-17;/h6-12H,4-5,13H2,1-3H3,(H2,21,22,24);1H/p-1. The van der Waals surface area contributed by atoms with Crippen molar-refractivity contribution >= 4 is 29.0 Å². The molecule has 0 aromatic heterocycles. The van der Waals surface area contributed by atoms with Crippen LogP contribution in [0.5, 0.6) is 5.75 Å². The molecule has 2 N–H and O–H groups in total. The molecule has 26 heavy (non-hydrogen) atoms. The Kier molecular flexibility index (Phi) is 9.10. The van der Waals surface area contributed by atoms with E-state index in [1.165, 1.54) is 0 Å². The van der Waals surface area contributed by atoms with E-state index in [1.807, 2.05) is 19.1 Å². The first-order valence-electron chi connectivity index (χ1n) is 8.32. The molecular weight excluding hydrogens is 373 g/mol. The number of carbonyl (C=O) groups excluding carboxylic acids is 1. The highest BCUT2D eigenvalue weighted by Gasteiger charge is 2.07. The van der Waals surface area contributed by atoms with E-state index in [0.29, 0.717) is 10.8 Å². The molecule has 0 bridgehead atoms. The summed E-state index contributed by atoms with van der Waals surface area (Å²) in [5.41, 5.74) is 2.94. The molecule has 0 unspecified atom stereocenters. The molecule has 0 atom stereocenters. The molecular formula is C19H24Cl2N3O2-. The SMILES string of the molecule is CCN(CC)c1ccc(NC(=O)NCOc2ccc(Cl)cc2)c(C)c1.[Cl-]. The molecule has 7 heteroatoms. The number of ether oxygens (including phenoxy) is 1. The zero-order valence-corrected chi connectivity index (χ0v) is 16.7. The van der Waals surface area contributed by atoms with Crippen LogP contribution in [-0.4, -0.2) is 25.9 Å². The molecule has 2 aromatic rings. The second-order valence-corrected chi connectivity index (χ2v) is 5.98. The Morgan fingerprint density at radius 2 is 1.77 bits per heavy atom. The van der Waals surface area contributed by atoms with E-state index in [2.05, 4.69) is 35.4 Å². The van der Waals surface area contributed by atoms with E-state index in [0.717, 1.165) is 30.0 Å². The predicted octanol–water partition coefficient (Wildman–Crippen LogP) is 1.66. The molecule has 2 amide bonds. The molecule has 5 nitrogen and oxygen atoms in total. The van der Waals surface area contributed by atoms with Gasteiger partial charge in [0.2, 0.25) is 0 Å². The van der Waals surface area contributed by atoms with Crippen molar-refractivity contribution in [3.63, 3.8) is 0 Å². The Hall–Kier alpha value is -2.11. The molecule has 0 heterocycles. The van der Waals surface area contributed by atoms with Gasteiger partial charge in [-0.25, -0.2) is 4.79 Å². The van der Waals surface area contributed by atoms with Crippen LogP contribution in [0.4, 0.5) is 16.2 Å². The molecule has 0 radical (unpaired) electrons. The zero-order valence-electron chi connectivity index (χ0n) is 15.2. The van der Waals surface area contributed by atoms with Gasteiger partial charge < -0.3 is 32.7 Å². The molecule has 0 saturated carbocycles. The van der Waals surface area contributed by atoms with Crippen LogP contribution in [0.2, 0.25) is 5.02 Å².